The Bertz CT molecular complexity index is 657. The second-order valence-electron chi connectivity index (χ2n) is 3.63. The lowest BCUT2D eigenvalue weighted by Gasteiger charge is -1.99. The van der Waals surface area contributed by atoms with Gasteiger partial charge in [0.15, 0.2) is 0 Å². The van der Waals surface area contributed by atoms with Crippen LogP contribution in [0.15, 0.2) is 42.0 Å². The van der Waals surface area contributed by atoms with E-state index in [4.69, 9.17) is 0 Å². The summed E-state index contributed by atoms with van der Waals surface area (Å²) in [5.74, 6) is 0. The molecule has 0 aliphatic carbocycles. The van der Waals surface area contributed by atoms with Crippen LogP contribution in [0.3, 0.4) is 0 Å². The standard InChI is InChI=1S/C12H8F2N2S/c13-12(14)16-7-9(6-15-16)10-3-1-2-8-4-5-17-11(8)10/h1-7,12H. The number of halogens is 2. The Kier molecular flexibility index (Phi) is 2.40. The Morgan fingerprint density at radius 2 is 2.12 bits per heavy atom. The molecule has 5 heteroatoms. The molecule has 0 aliphatic rings. The molecule has 0 N–H and O–H groups in total. The van der Waals surface area contributed by atoms with Gasteiger partial charge in [-0.3, -0.25) is 0 Å². The predicted octanol–water partition coefficient (Wildman–Crippen LogP) is 4.16. The van der Waals surface area contributed by atoms with E-state index in [1.54, 1.807) is 11.3 Å². The first-order valence-electron chi connectivity index (χ1n) is 5.04. The Morgan fingerprint density at radius 1 is 1.24 bits per heavy atom. The topological polar surface area (TPSA) is 17.8 Å². The van der Waals surface area contributed by atoms with Crippen LogP contribution in [-0.4, -0.2) is 9.78 Å². The predicted molar refractivity (Wildman–Crippen MR) is 64.3 cm³/mol. The highest BCUT2D eigenvalue weighted by molar-refractivity contribution is 7.17. The molecular weight excluding hydrogens is 242 g/mol. The summed E-state index contributed by atoms with van der Waals surface area (Å²) in [4.78, 5) is 0. The molecule has 1 aromatic carbocycles. The van der Waals surface area contributed by atoms with Gasteiger partial charge in [-0.1, -0.05) is 18.2 Å². The molecule has 0 saturated heterocycles. The summed E-state index contributed by atoms with van der Waals surface area (Å²) in [7, 11) is 0. The third-order valence-electron chi connectivity index (χ3n) is 2.59. The van der Waals surface area contributed by atoms with Crippen molar-refractivity contribution in [1.82, 2.24) is 9.78 Å². The number of aromatic nitrogens is 2. The molecule has 0 saturated carbocycles. The van der Waals surface area contributed by atoms with Crippen molar-refractivity contribution in [3.05, 3.63) is 42.0 Å². The first-order valence-corrected chi connectivity index (χ1v) is 5.92. The third kappa shape index (κ3) is 1.72. The summed E-state index contributed by atoms with van der Waals surface area (Å²) in [5, 5.41) is 6.77. The van der Waals surface area contributed by atoms with Gasteiger partial charge in [-0.2, -0.15) is 13.9 Å². The first-order chi connectivity index (χ1) is 8.25. The van der Waals surface area contributed by atoms with Crippen LogP contribution < -0.4 is 0 Å². The van der Waals surface area contributed by atoms with Crippen molar-refractivity contribution < 1.29 is 8.78 Å². The third-order valence-corrected chi connectivity index (χ3v) is 3.55. The highest BCUT2D eigenvalue weighted by Crippen LogP contribution is 2.32. The Balaban J connectivity index is 2.16. The monoisotopic (exact) mass is 250 g/mol. The first kappa shape index (κ1) is 10.4. The van der Waals surface area contributed by atoms with E-state index in [-0.39, 0.29) is 0 Å². The van der Waals surface area contributed by atoms with Crippen LogP contribution >= 0.6 is 11.3 Å². The van der Waals surface area contributed by atoms with Crippen LogP contribution in [0.2, 0.25) is 0 Å². The second kappa shape index (κ2) is 3.92. The van der Waals surface area contributed by atoms with Crippen LogP contribution in [0.4, 0.5) is 8.78 Å². The largest absolute Gasteiger partial charge is 0.333 e. The number of alkyl halides is 2. The fraction of sp³-hybridized carbons (Fsp3) is 0.0833. The van der Waals surface area contributed by atoms with Gasteiger partial charge in [0.05, 0.1) is 6.20 Å². The molecule has 0 aliphatic heterocycles. The zero-order valence-corrected chi connectivity index (χ0v) is 9.49. The van der Waals surface area contributed by atoms with Gasteiger partial charge in [-0.05, 0) is 16.8 Å². The number of rotatable bonds is 2. The number of hydrogen-bond acceptors (Lipinski definition) is 2. The maximum atomic E-state index is 12.5. The van der Waals surface area contributed by atoms with Gasteiger partial charge in [-0.25, -0.2) is 4.68 Å². The molecule has 2 aromatic heterocycles. The van der Waals surface area contributed by atoms with Gasteiger partial charge in [-0.15, -0.1) is 11.3 Å². The molecule has 2 nitrogen and oxygen atoms in total. The molecule has 2 heterocycles. The highest BCUT2D eigenvalue weighted by Gasteiger charge is 2.10. The van der Waals surface area contributed by atoms with Crippen LogP contribution in [0.1, 0.15) is 6.55 Å². The fourth-order valence-electron chi connectivity index (χ4n) is 1.80. The van der Waals surface area contributed by atoms with Crippen molar-refractivity contribution in [2.45, 2.75) is 6.55 Å². The average Bonchev–Trinajstić information content (AvgIpc) is 2.97. The zero-order valence-electron chi connectivity index (χ0n) is 8.68. The quantitative estimate of drug-likeness (QED) is 0.667. The smallest absolute Gasteiger partial charge is 0.211 e. The van der Waals surface area contributed by atoms with E-state index >= 15 is 0 Å². The maximum absolute atomic E-state index is 12.5. The Morgan fingerprint density at radius 3 is 2.88 bits per heavy atom. The highest BCUT2D eigenvalue weighted by atomic mass is 32.1. The number of hydrogen-bond donors (Lipinski definition) is 0. The van der Waals surface area contributed by atoms with E-state index in [2.05, 4.69) is 5.10 Å². The van der Waals surface area contributed by atoms with E-state index in [0.717, 1.165) is 21.2 Å². The van der Waals surface area contributed by atoms with Crippen molar-refractivity contribution in [3.63, 3.8) is 0 Å². The molecule has 0 bridgehead atoms. The fourth-order valence-corrected chi connectivity index (χ4v) is 2.74. The summed E-state index contributed by atoms with van der Waals surface area (Å²) >= 11 is 1.60. The molecule has 0 fully saturated rings. The number of benzene rings is 1. The normalized spacial score (nSPS) is 11.5. The average molecular weight is 250 g/mol. The van der Waals surface area contributed by atoms with Crippen LogP contribution in [0.25, 0.3) is 21.2 Å². The summed E-state index contributed by atoms with van der Waals surface area (Å²) in [6.07, 6.45) is 2.85. The number of thiophene rings is 1. The molecule has 86 valence electrons. The SMILES string of the molecule is FC(F)n1cc(-c2cccc3ccsc23)cn1. The molecule has 3 aromatic rings. The van der Waals surface area contributed by atoms with Gasteiger partial charge >= 0.3 is 6.55 Å². The van der Waals surface area contributed by atoms with E-state index in [0.29, 0.717) is 4.68 Å². The molecular formula is C12H8F2N2S. The molecule has 0 spiro atoms. The molecule has 17 heavy (non-hydrogen) atoms. The maximum Gasteiger partial charge on any atom is 0.333 e. The van der Waals surface area contributed by atoms with Crippen molar-refractivity contribution in [1.29, 1.82) is 0 Å². The minimum absolute atomic E-state index is 0.668. The van der Waals surface area contributed by atoms with Gasteiger partial charge in [0.2, 0.25) is 0 Å². The van der Waals surface area contributed by atoms with E-state index in [9.17, 15) is 8.78 Å². The second-order valence-corrected chi connectivity index (χ2v) is 4.55. The number of nitrogens with zero attached hydrogens (tertiary/aromatic N) is 2. The summed E-state index contributed by atoms with van der Waals surface area (Å²) in [6, 6.07) is 7.86. The lowest BCUT2D eigenvalue weighted by molar-refractivity contribution is 0.0566. The number of fused-ring (bicyclic) bond motifs is 1. The Hall–Kier alpha value is -1.75. The molecule has 3 rings (SSSR count). The summed E-state index contributed by atoms with van der Waals surface area (Å²) in [6.45, 7) is -2.59. The van der Waals surface area contributed by atoms with Gasteiger partial charge < -0.3 is 0 Å². The summed E-state index contributed by atoms with van der Waals surface area (Å²) in [5.41, 5.74) is 1.67. The van der Waals surface area contributed by atoms with Crippen molar-refractivity contribution >= 4 is 21.4 Å². The minimum Gasteiger partial charge on any atom is -0.211 e. The van der Waals surface area contributed by atoms with Gasteiger partial charge in [0.1, 0.15) is 0 Å². The molecule has 0 unspecified atom stereocenters. The lowest BCUT2D eigenvalue weighted by Crippen LogP contribution is -1.96. The van der Waals surface area contributed by atoms with Crippen molar-refractivity contribution in [3.8, 4) is 11.1 Å². The Labute approximate surface area is 100 Å². The zero-order chi connectivity index (χ0) is 11.8. The van der Waals surface area contributed by atoms with E-state index in [1.807, 2.05) is 29.6 Å². The van der Waals surface area contributed by atoms with Crippen LogP contribution in [0.5, 0.6) is 0 Å². The summed E-state index contributed by atoms with van der Waals surface area (Å²) < 4.78 is 26.7. The lowest BCUT2D eigenvalue weighted by atomic mass is 10.1. The minimum atomic E-state index is -2.59. The molecule has 0 radical (unpaired) electrons. The van der Waals surface area contributed by atoms with Crippen LogP contribution in [-0.2, 0) is 0 Å². The van der Waals surface area contributed by atoms with Gasteiger partial charge in [0, 0.05) is 22.0 Å². The van der Waals surface area contributed by atoms with E-state index in [1.165, 1.54) is 12.4 Å². The van der Waals surface area contributed by atoms with Crippen molar-refractivity contribution in [2.24, 2.45) is 0 Å². The molecule has 0 amide bonds. The van der Waals surface area contributed by atoms with Crippen molar-refractivity contribution in [2.75, 3.05) is 0 Å². The molecule has 0 atom stereocenters. The van der Waals surface area contributed by atoms with E-state index < -0.39 is 6.55 Å². The van der Waals surface area contributed by atoms with Gasteiger partial charge in [0.25, 0.3) is 0 Å². The van der Waals surface area contributed by atoms with Crippen LogP contribution in [0, 0.1) is 0 Å².